The Kier molecular flexibility index (Phi) is 8.30. The molecule has 0 saturated carbocycles. The van der Waals surface area contributed by atoms with Crippen LogP contribution in [0.25, 0.3) is 6.08 Å². The maximum Gasteiger partial charge on any atom is 0.337 e. The van der Waals surface area contributed by atoms with Gasteiger partial charge in [0, 0.05) is 12.6 Å². The number of hydrogen-bond acceptors (Lipinski definition) is 7. The van der Waals surface area contributed by atoms with Gasteiger partial charge in [-0.2, -0.15) is 0 Å². The molecule has 0 aliphatic carbocycles. The first-order valence-electron chi connectivity index (χ1n) is 11.0. The van der Waals surface area contributed by atoms with Crippen LogP contribution in [0.4, 0.5) is 10.1 Å². The van der Waals surface area contributed by atoms with Crippen molar-refractivity contribution in [1.82, 2.24) is 4.90 Å². The number of benzene rings is 3. The van der Waals surface area contributed by atoms with Crippen LogP contribution in [-0.2, 0) is 16.1 Å². The predicted octanol–water partition coefficient (Wildman–Crippen LogP) is 6.20. The molecule has 37 heavy (non-hydrogen) atoms. The zero-order valence-electron chi connectivity index (χ0n) is 20.2. The van der Waals surface area contributed by atoms with E-state index in [0.29, 0.717) is 48.4 Å². The number of halogens is 2. The summed E-state index contributed by atoms with van der Waals surface area (Å²) in [6, 6.07) is 16.5. The van der Waals surface area contributed by atoms with Gasteiger partial charge in [-0.15, -0.1) is 0 Å². The third-order valence-corrected chi connectivity index (χ3v) is 7.05. The van der Waals surface area contributed by atoms with E-state index in [4.69, 9.17) is 14.2 Å². The standard InChI is InChI=1S/C27H22BrFN2O5S/c1-31-25(32)23(37-27(31)30-19-10-8-17(9-11-19)26(33)35-3)14-16-12-20(28)24(22(13-16)34-2)36-15-18-6-4-5-7-21(18)29/h4-14H,15H2,1-3H3. The third kappa shape index (κ3) is 6.03. The fourth-order valence-corrected chi connectivity index (χ4v) is 4.99. The van der Waals surface area contributed by atoms with E-state index in [-0.39, 0.29) is 18.3 Å². The van der Waals surface area contributed by atoms with Gasteiger partial charge in [-0.05, 0) is 81.8 Å². The van der Waals surface area contributed by atoms with Gasteiger partial charge in [-0.25, -0.2) is 14.2 Å². The van der Waals surface area contributed by atoms with Crippen LogP contribution in [0.3, 0.4) is 0 Å². The summed E-state index contributed by atoms with van der Waals surface area (Å²) in [5.74, 6) is -0.132. The quantitative estimate of drug-likeness (QED) is 0.243. The Morgan fingerprint density at radius 3 is 2.54 bits per heavy atom. The van der Waals surface area contributed by atoms with Crippen molar-refractivity contribution in [3.05, 3.63) is 92.5 Å². The first-order valence-corrected chi connectivity index (χ1v) is 12.6. The number of amidine groups is 1. The van der Waals surface area contributed by atoms with Gasteiger partial charge in [0.15, 0.2) is 16.7 Å². The SMILES string of the molecule is COC(=O)c1ccc(N=C2SC(=Cc3cc(Br)c(OCc4ccccc4F)c(OC)c3)C(=O)N2C)cc1. The number of likely N-dealkylation sites (N-methyl/N-ethyl adjacent to an activating group) is 1. The molecule has 0 bridgehead atoms. The van der Waals surface area contributed by atoms with Crippen LogP contribution in [0.15, 0.2) is 75.0 Å². The molecule has 4 rings (SSSR count). The number of carbonyl (C=O) groups is 2. The fourth-order valence-electron chi connectivity index (χ4n) is 3.43. The molecule has 1 fully saturated rings. The largest absolute Gasteiger partial charge is 0.493 e. The lowest BCUT2D eigenvalue weighted by molar-refractivity contribution is -0.121. The first-order chi connectivity index (χ1) is 17.8. The van der Waals surface area contributed by atoms with Gasteiger partial charge in [0.25, 0.3) is 5.91 Å². The lowest BCUT2D eigenvalue weighted by atomic mass is 10.1. The maximum absolute atomic E-state index is 14.0. The summed E-state index contributed by atoms with van der Waals surface area (Å²) in [7, 11) is 4.47. The van der Waals surface area contributed by atoms with Gasteiger partial charge in [-0.1, -0.05) is 18.2 Å². The predicted molar refractivity (Wildman–Crippen MR) is 145 cm³/mol. The zero-order valence-corrected chi connectivity index (χ0v) is 22.6. The molecule has 1 aliphatic heterocycles. The van der Waals surface area contributed by atoms with E-state index in [0.717, 1.165) is 0 Å². The van der Waals surface area contributed by atoms with E-state index in [1.165, 1.54) is 36.9 Å². The molecular formula is C27H22BrFN2O5S. The van der Waals surface area contributed by atoms with Gasteiger partial charge in [0.05, 0.1) is 34.8 Å². The molecule has 7 nitrogen and oxygen atoms in total. The van der Waals surface area contributed by atoms with Crippen LogP contribution in [-0.4, -0.2) is 43.2 Å². The second-order valence-electron chi connectivity index (χ2n) is 7.82. The van der Waals surface area contributed by atoms with E-state index in [9.17, 15) is 14.0 Å². The summed E-state index contributed by atoms with van der Waals surface area (Å²) in [6.45, 7) is 0.0294. The molecule has 0 radical (unpaired) electrons. The molecule has 0 N–H and O–H groups in total. The van der Waals surface area contributed by atoms with Crippen molar-refractivity contribution in [3.8, 4) is 11.5 Å². The summed E-state index contributed by atoms with van der Waals surface area (Å²) >= 11 is 4.73. The molecule has 1 saturated heterocycles. The number of rotatable bonds is 7. The molecule has 0 aromatic heterocycles. The molecule has 3 aromatic rings. The Balaban J connectivity index is 1.55. The smallest absolute Gasteiger partial charge is 0.337 e. The van der Waals surface area contributed by atoms with Gasteiger partial charge in [0.2, 0.25) is 0 Å². The number of methoxy groups -OCH3 is 2. The van der Waals surface area contributed by atoms with Gasteiger partial charge in [-0.3, -0.25) is 9.69 Å². The van der Waals surface area contributed by atoms with E-state index in [2.05, 4.69) is 20.9 Å². The molecule has 0 atom stereocenters. The van der Waals surface area contributed by atoms with Gasteiger partial charge in [0.1, 0.15) is 12.4 Å². The Bertz CT molecular complexity index is 1410. The van der Waals surface area contributed by atoms with Crippen molar-refractivity contribution in [2.45, 2.75) is 6.61 Å². The minimum Gasteiger partial charge on any atom is -0.493 e. The Labute approximate surface area is 226 Å². The number of thioether (sulfide) groups is 1. The van der Waals surface area contributed by atoms with Crippen molar-refractivity contribution >= 4 is 56.5 Å². The number of hydrogen-bond donors (Lipinski definition) is 0. The van der Waals surface area contributed by atoms with Crippen LogP contribution in [0.2, 0.25) is 0 Å². The molecule has 3 aromatic carbocycles. The lowest BCUT2D eigenvalue weighted by Crippen LogP contribution is -2.23. The average Bonchev–Trinajstić information content (AvgIpc) is 3.16. The minimum atomic E-state index is -0.433. The molecule has 1 amide bonds. The van der Waals surface area contributed by atoms with Crippen LogP contribution in [0, 0.1) is 5.82 Å². The van der Waals surface area contributed by atoms with Crippen molar-refractivity contribution in [1.29, 1.82) is 0 Å². The Morgan fingerprint density at radius 2 is 1.86 bits per heavy atom. The number of nitrogens with zero attached hydrogens (tertiary/aromatic N) is 2. The third-order valence-electron chi connectivity index (χ3n) is 5.40. The van der Waals surface area contributed by atoms with E-state index < -0.39 is 5.97 Å². The second kappa shape index (κ2) is 11.6. The summed E-state index contributed by atoms with van der Waals surface area (Å²) in [5.41, 5.74) is 2.13. The molecule has 1 heterocycles. The summed E-state index contributed by atoms with van der Waals surface area (Å²) < 4.78 is 30.6. The average molecular weight is 585 g/mol. The zero-order chi connectivity index (χ0) is 26.5. The molecule has 10 heteroatoms. The highest BCUT2D eigenvalue weighted by Gasteiger charge is 2.30. The van der Waals surface area contributed by atoms with Crippen LogP contribution < -0.4 is 9.47 Å². The highest BCUT2D eigenvalue weighted by molar-refractivity contribution is 9.10. The second-order valence-corrected chi connectivity index (χ2v) is 9.69. The van der Waals surface area contributed by atoms with Crippen molar-refractivity contribution in [3.63, 3.8) is 0 Å². The van der Waals surface area contributed by atoms with Crippen LogP contribution in [0.5, 0.6) is 11.5 Å². The number of esters is 1. The maximum atomic E-state index is 14.0. The number of ether oxygens (including phenoxy) is 3. The highest BCUT2D eigenvalue weighted by atomic mass is 79.9. The molecule has 190 valence electrons. The summed E-state index contributed by atoms with van der Waals surface area (Å²) in [4.78, 5) is 31.0. The molecule has 0 unspecified atom stereocenters. The summed E-state index contributed by atoms with van der Waals surface area (Å²) in [6.07, 6.45) is 1.74. The van der Waals surface area contributed by atoms with E-state index >= 15 is 0 Å². The number of aliphatic imine (C=N–C) groups is 1. The number of amides is 1. The Hall–Kier alpha value is -3.63. The van der Waals surface area contributed by atoms with E-state index in [1.54, 1.807) is 67.7 Å². The topological polar surface area (TPSA) is 77.4 Å². The summed E-state index contributed by atoms with van der Waals surface area (Å²) in [5, 5.41) is 0.498. The Morgan fingerprint density at radius 1 is 1.14 bits per heavy atom. The fraction of sp³-hybridized carbons (Fsp3) is 0.148. The van der Waals surface area contributed by atoms with Crippen LogP contribution in [0.1, 0.15) is 21.5 Å². The molecule has 0 spiro atoms. The van der Waals surface area contributed by atoms with E-state index in [1.807, 2.05) is 0 Å². The van der Waals surface area contributed by atoms with Crippen molar-refractivity contribution in [2.75, 3.05) is 21.3 Å². The highest BCUT2D eigenvalue weighted by Crippen LogP contribution is 2.39. The van der Waals surface area contributed by atoms with Gasteiger partial charge < -0.3 is 14.2 Å². The lowest BCUT2D eigenvalue weighted by Gasteiger charge is -2.14. The van der Waals surface area contributed by atoms with Crippen molar-refractivity contribution < 1.29 is 28.2 Å². The van der Waals surface area contributed by atoms with Crippen molar-refractivity contribution in [2.24, 2.45) is 4.99 Å². The normalized spacial score (nSPS) is 15.4. The molecular weight excluding hydrogens is 563 g/mol. The van der Waals surface area contributed by atoms with Crippen LogP contribution >= 0.6 is 27.7 Å². The minimum absolute atomic E-state index is 0.0294. The molecule has 1 aliphatic rings. The van der Waals surface area contributed by atoms with Gasteiger partial charge >= 0.3 is 5.97 Å². The monoisotopic (exact) mass is 584 g/mol. The number of carbonyl (C=O) groups excluding carboxylic acids is 2. The first kappa shape index (κ1) is 26.4.